The molecular weight excluding hydrogens is 351 g/mol. The van der Waals surface area contributed by atoms with Crippen LogP contribution >= 0.6 is 0 Å². The zero-order valence-electron chi connectivity index (χ0n) is 14.1. The summed E-state index contributed by atoms with van der Waals surface area (Å²) in [5.74, 6) is -0.915. The summed E-state index contributed by atoms with van der Waals surface area (Å²) in [7, 11) is 0. The summed E-state index contributed by atoms with van der Waals surface area (Å²) in [5, 5.41) is 6.63. The molecule has 3 aromatic heterocycles. The fourth-order valence-corrected chi connectivity index (χ4v) is 2.53. The summed E-state index contributed by atoms with van der Waals surface area (Å²) in [5.41, 5.74) is 1.95. The molecule has 1 aromatic carbocycles. The molecule has 0 aliphatic carbocycles. The second kappa shape index (κ2) is 6.79. The molecule has 134 valence electrons. The molecule has 3 heterocycles. The summed E-state index contributed by atoms with van der Waals surface area (Å²) in [6.45, 7) is 1.88. The first-order chi connectivity index (χ1) is 13.1. The van der Waals surface area contributed by atoms with Crippen LogP contribution in [-0.2, 0) is 0 Å². The SMILES string of the molecule is Cc1ccn2ncnc(Oc3ccc(NC(=O)c4cnccn4)cc3F)c12. The zero-order chi connectivity index (χ0) is 18.8. The fourth-order valence-electron chi connectivity index (χ4n) is 2.53. The number of benzene rings is 1. The van der Waals surface area contributed by atoms with Crippen LogP contribution in [0.5, 0.6) is 11.6 Å². The Hall–Kier alpha value is -3.88. The third-order valence-corrected chi connectivity index (χ3v) is 3.81. The zero-order valence-corrected chi connectivity index (χ0v) is 14.1. The molecule has 0 saturated carbocycles. The van der Waals surface area contributed by atoms with Gasteiger partial charge in [-0.25, -0.2) is 13.9 Å². The van der Waals surface area contributed by atoms with Crippen LogP contribution in [-0.4, -0.2) is 30.5 Å². The van der Waals surface area contributed by atoms with Crippen LogP contribution in [0, 0.1) is 12.7 Å². The predicted molar refractivity (Wildman–Crippen MR) is 94.2 cm³/mol. The van der Waals surface area contributed by atoms with Crippen molar-refractivity contribution in [2.45, 2.75) is 6.92 Å². The molecule has 0 atom stereocenters. The first kappa shape index (κ1) is 16.6. The third-order valence-electron chi connectivity index (χ3n) is 3.81. The van der Waals surface area contributed by atoms with Crippen LogP contribution in [0.4, 0.5) is 10.1 Å². The molecule has 0 bridgehead atoms. The van der Waals surface area contributed by atoms with E-state index in [1.165, 1.54) is 37.1 Å². The summed E-state index contributed by atoms with van der Waals surface area (Å²) in [6.07, 6.45) is 7.27. The van der Waals surface area contributed by atoms with Gasteiger partial charge in [0.2, 0.25) is 5.88 Å². The van der Waals surface area contributed by atoms with Crippen LogP contribution in [0.25, 0.3) is 5.52 Å². The van der Waals surface area contributed by atoms with E-state index in [1.807, 2.05) is 13.0 Å². The van der Waals surface area contributed by atoms with E-state index in [0.717, 1.165) is 11.6 Å². The van der Waals surface area contributed by atoms with Crippen LogP contribution in [0.3, 0.4) is 0 Å². The molecule has 4 aromatic rings. The Balaban J connectivity index is 1.57. The largest absolute Gasteiger partial charge is 0.434 e. The molecule has 0 radical (unpaired) electrons. The Morgan fingerprint density at radius 2 is 2.11 bits per heavy atom. The number of hydrogen-bond donors (Lipinski definition) is 1. The van der Waals surface area contributed by atoms with E-state index in [-0.39, 0.29) is 23.0 Å². The number of anilines is 1. The van der Waals surface area contributed by atoms with Crippen molar-refractivity contribution in [3.8, 4) is 11.6 Å². The molecule has 9 heteroatoms. The normalized spacial score (nSPS) is 10.7. The van der Waals surface area contributed by atoms with Gasteiger partial charge in [-0.1, -0.05) is 0 Å². The molecule has 1 N–H and O–H groups in total. The van der Waals surface area contributed by atoms with Crippen LogP contribution < -0.4 is 10.1 Å². The van der Waals surface area contributed by atoms with Crippen molar-refractivity contribution in [1.29, 1.82) is 0 Å². The molecule has 0 aliphatic heterocycles. The molecular formula is C18H13FN6O2. The van der Waals surface area contributed by atoms with E-state index in [0.29, 0.717) is 5.52 Å². The van der Waals surface area contributed by atoms with Gasteiger partial charge < -0.3 is 10.1 Å². The van der Waals surface area contributed by atoms with Gasteiger partial charge >= 0.3 is 0 Å². The van der Waals surface area contributed by atoms with Gasteiger partial charge in [-0.3, -0.25) is 9.78 Å². The molecule has 0 unspecified atom stereocenters. The average Bonchev–Trinajstić information content (AvgIpc) is 3.07. The lowest BCUT2D eigenvalue weighted by Crippen LogP contribution is -2.13. The molecule has 1 amide bonds. The third kappa shape index (κ3) is 3.30. The number of halogens is 1. The van der Waals surface area contributed by atoms with Crippen molar-refractivity contribution in [2.75, 3.05) is 5.32 Å². The monoisotopic (exact) mass is 364 g/mol. The van der Waals surface area contributed by atoms with Gasteiger partial charge in [0.25, 0.3) is 5.91 Å². The smallest absolute Gasteiger partial charge is 0.275 e. The number of hydrogen-bond acceptors (Lipinski definition) is 6. The predicted octanol–water partition coefficient (Wildman–Crippen LogP) is 3.01. The Bertz CT molecular complexity index is 1130. The highest BCUT2D eigenvalue weighted by Crippen LogP contribution is 2.29. The number of rotatable bonds is 4. The van der Waals surface area contributed by atoms with Gasteiger partial charge in [0.15, 0.2) is 11.6 Å². The van der Waals surface area contributed by atoms with Crippen molar-refractivity contribution >= 4 is 17.1 Å². The van der Waals surface area contributed by atoms with Crippen LogP contribution in [0.15, 0.2) is 55.4 Å². The van der Waals surface area contributed by atoms with Gasteiger partial charge in [-0.05, 0) is 30.7 Å². The van der Waals surface area contributed by atoms with Crippen molar-refractivity contribution in [2.24, 2.45) is 0 Å². The van der Waals surface area contributed by atoms with Crippen LogP contribution in [0.1, 0.15) is 16.1 Å². The van der Waals surface area contributed by atoms with E-state index in [4.69, 9.17) is 4.74 Å². The lowest BCUT2D eigenvalue weighted by atomic mass is 10.2. The minimum Gasteiger partial charge on any atom is -0.434 e. The summed E-state index contributed by atoms with van der Waals surface area (Å²) >= 11 is 0. The fraction of sp³-hybridized carbons (Fsp3) is 0.0556. The quantitative estimate of drug-likeness (QED) is 0.598. The Labute approximate surface area is 152 Å². The van der Waals surface area contributed by atoms with E-state index in [2.05, 4.69) is 25.4 Å². The number of amides is 1. The maximum Gasteiger partial charge on any atom is 0.275 e. The molecule has 0 saturated heterocycles. The van der Waals surface area contributed by atoms with Gasteiger partial charge in [0.1, 0.15) is 17.5 Å². The highest BCUT2D eigenvalue weighted by Gasteiger charge is 2.14. The maximum absolute atomic E-state index is 14.5. The second-order valence-electron chi connectivity index (χ2n) is 5.65. The molecule has 8 nitrogen and oxygen atoms in total. The molecule has 4 rings (SSSR count). The van der Waals surface area contributed by atoms with E-state index in [1.54, 1.807) is 10.7 Å². The summed E-state index contributed by atoms with van der Waals surface area (Å²) in [6, 6.07) is 5.96. The Morgan fingerprint density at radius 1 is 1.22 bits per heavy atom. The maximum atomic E-state index is 14.5. The van der Waals surface area contributed by atoms with Crippen molar-refractivity contribution in [3.63, 3.8) is 0 Å². The number of aromatic nitrogens is 5. The highest BCUT2D eigenvalue weighted by atomic mass is 19.1. The first-order valence-electron chi connectivity index (χ1n) is 7.95. The second-order valence-corrected chi connectivity index (χ2v) is 5.65. The topological polar surface area (TPSA) is 94.3 Å². The first-order valence-corrected chi connectivity index (χ1v) is 7.95. The number of aryl methyl sites for hydroxylation is 1. The molecule has 27 heavy (non-hydrogen) atoms. The van der Waals surface area contributed by atoms with Gasteiger partial charge in [-0.2, -0.15) is 10.1 Å². The number of carbonyl (C=O) groups is 1. The standard InChI is InChI=1S/C18H13FN6O2/c1-11-4-7-25-16(11)18(22-10-23-25)27-15-3-2-12(8-13(15)19)24-17(26)14-9-20-5-6-21-14/h2-10H,1H3,(H,24,26). The van der Waals surface area contributed by atoms with Gasteiger partial charge in [-0.15, -0.1) is 0 Å². The number of ether oxygens (including phenoxy) is 1. The van der Waals surface area contributed by atoms with E-state index in [9.17, 15) is 9.18 Å². The lowest BCUT2D eigenvalue weighted by molar-refractivity contribution is 0.102. The van der Waals surface area contributed by atoms with E-state index >= 15 is 0 Å². The lowest BCUT2D eigenvalue weighted by Gasteiger charge is -2.10. The number of nitrogens with zero attached hydrogens (tertiary/aromatic N) is 5. The Morgan fingerprint density at radius 3 is 2.89 bits per heavy atom. The highest BCUT2D eigenvalue weighted by molar-refractivity contribution is 6.02. The molecule has 0 aliphatic rings. The minimum atomic E-state index is -0.645. The van der Waals surface area contributed by atoms with Crippen molar-refractivity contribution in [1.82, 2.24) is 24.6 Å². The number of carbonyl (C=O) groups excluding carboxylic acids is 1. The Kier molecular flexibility index (Phi) is 4.17. The van der Waals surface area contributed by atoms with Crippen molar-refractivity contribution in [3.05, 3.63) is 72.5 Å². The summed E-state index contributed by atoms with van der Waals surface area (Å²) < 4.78 is 21.7. The average molecular weight is 364 g/mol. The number of nitrogens with one attached hydrogen (secondary N) is 1. The van der Waals surface area contributed by atoms with Crippen LogP contribution in [0.2, 0.25) is 0 Å². The summed E-state index contributed by atoms with van der Waals surface area (Å²) in [4.78, 5) is 23.9. The van der Waals surface area contributed by atoms with Gasteiger partial charge in [0.05, 0.1) is 6.20 Å². The molecule has 0 fully saturated rings. The van der Waals surface area contributed by atoms with Gasteiger partial charge in [0, 0.05) is 30.3 Å². The minimum absolute atomic E-state index is 0.0197. The molecule has 0 spiro atoms. The van der Waals surface area contributed by atoms with Crippen molar-refractivity contribution < 1.29 is 13.9 Å². The van der Waals surface area contributed by atoms with E-state index < -0.39 is 11.7 Å². The number of fused-ring (bicyclic) bond motifs is 1.